The third kappa shape index (κ3) is 5.21. The second-order valence-electron chi connectivity index (χ2n) is 9.93. The van der Waals surface area contributed by atoms with Crippen LogP contribution in [0.4, 0.5) is 5.82 Å². The second-order valence-corrected chi connectivity index (χ2v) is 9.93. The predicted octanol–water partition coefficient (Wildman–Crippen LogP) is 4.09. The lowest BCUT2D eigenvalue weighted by molar-refractivity contribution is -0.126. The molecule has 6 rings (SSSR count). The minimum Gasteiger partial charge on any atom is -0.494 e. The van der Waals surface area contributed by atoms with Gasteiger partial charge in [0.05, 0.1) is 35.6 Å². The van der Waals surface area contributed by atoms with E-state index in [4.69, 9.17) is 14.9 Å². The first kappa shape index (κ1) is 26.8. The fourth-order valence-corrected chi connectivity index (χ4v) is 4.96. The number of amidine groups is 1. The zero-order chi connectivity index (χ0) is 29.2. The molecule has 212 valence electrons. The number of methoxy groups -OCH3 is 1. The van der Waals surface area contributed by atoms with E-state index >= 15 is 0 Å². The summed E-state index contributed by atoms with van der Waals surface area (Å²) in [6, 6.07) is 9.88. The number of ketones is 1. The van der Waals surface area contributed by atoms with Crippen molar-refractivity contribution >= 4 is 51.7 Å². The Bertz CT molecular complexity index is 1800. The number of aliphatic imine (C=N–C) groups is 2. The largest absolute Gasteiger partial charge is 0.494 e. The molecule has 4 aromatic rings. The number of allylic oxidation sites excluding steroid dienone is 2. The molecule has 3 N–H and O–H groups in total. The van der Waals surface area contributed by atoms with Crippen LogP contribution >= 0.6 is 0 Å². The number of aromatic nitrogens is 4. The summed E-state index contributed by atoms with van der Waals surface area (Å²) in [4.78, 5) is 44.0. The van der Waals surface area contributed by atoms with Crippen molar-refractivity contribution in [3.05, 3.63) is 77.3 Å². The van der Waals surface area contributed by atoms with Crippen molar-refractivity contribution in [1.82, 2.24) is 25.1 Å². The van der Waals surface area contributed by atoms with Crippen molar-refractivity contribution in [3.8, 4) is 5.75 Å². The lowest BCUT2D eigenvalue weighted by Crippen LogP contribution is -2.40. The van der Waals surface area contributed by atoms with Crippen LogP contribution in [0.1, 0.15) is 53.9 Å². The van der Waals surface area contributed by atoms with Crippen molar-refractivity contribution in [2.45, 2.75) is 26.2 Å². The van der Waals surface area contributed by atoms with E-state index in [1.54, 1.807) is 11.8 Å². The lowest BCUT2D eigenvalue weighted by Gasteiger charge is -2.29. The Balaban J connectivity index is 1.25. The molecule has 0 spiro atoms. The van der Waals surface area contributed by atoms with Gasteiger partial charge in [0.1, 0.15) is 12.1 Å². The van der Waals surface area contributed by atoms with Crippen molar-refractivity contribution < 1.29 is 18.7 Å². The van der Waals surface area contributed by atoms with Gasteiger partial charge in [0.15, 0.2) is 5.82 Å². The highest BCUT2D eigenvalue weighted by Gasteiger charge is 2.31. The highest BCUT2D eigenvalue weighted by atomic mass is 16.5. The molecule has 3 aromatic heterocycles. The fourth-order valence-electron chi connectivity index (χ4n) is 4.96. The smallest absolute Gasteiger partial charge is 0.295 e. The number of hydrogen-bond acceptors (Lipinski definition) is 8. The Morgan fingerprint density at radius 1 is 1.17 bits per heavy atom. The first-order chi connectivity index (χ1) is 20.4. The topological polar surface area (TPSA) is 165 Å². The number of piperidine rings is 1. The van der Waals surface area contributed by atoms with Crippen LogP contribution < -0.4 is 10.5 Å². The van der Waals surface area contributed by atoms with E-state index in [1.807, 2.05) is 36.4 Å². The third-order valence-electron chi connectivity index (χ3n) is 7.15. The number of amides is 1. The summed E-state index contributed by atoms with van der Waals surface area (Å²) in [7, 11) is 1.47. The molecule has 1 amide bonds. The Morgan fingerprint density at radius 3 is 2.62 bits per heavy atom. The highest BCUT2D eigenvalue weighted by Crippen LogP contribution is 2.36. The maximum absolute atomic E-state index is 13.5. The summed E-state index contributed by atoms with van der Waals surface area (Å²) in [5, 5.41) is 8.97. The summed E-state index contributed by atoms with van der Waals surface area (Å²) in [5.74, 6) is 0.723. The standard InChI is InChI=1S/C30H28N8O4/c1-17(31)34-16-35-27-25-24(22(41-2)15-33-27)21(14-32-25)26(39)30(40)38-12-10-19(11-13-38)23(18-6-4-3-5-7-18)29-37-36-28(42-29)20-8-9-20/h3-8,14-16,32H,9-13H2,1-2H3,(H2,31,33,34,35). The number of likely N-dealkylation sites (tertiary alicyclic amines) is 1. The molecule has 12 heteroatoms. The van der Waals surface area contributed by atoms with Crippen LogP contribution in [0.5, 0.6) is 5.75 Å². The van der Waals surface area contributed by atoms with Crippen LogP contribution in [0.2, 0.25) is 0 Å². The van der Waals surface area contributed by atoms with E-state index in [9.17, 15) is 9.59 Å². The summed E-state index contributed by atoms with van der Waals surface area (Å²) in [6.07, 6.45) is 8.23. The molecule has 1 saturated heterocycles. The third-order valence-corrected chi connectivity index (χ3v) is 7.15. The second kappa shape index (κ2) is 11.2. The summed E-state index contributed by atoms with van der Waals surface area (Å²) < 4.78 is 11.5. The Hall–Kier alpha value is -5.39. The average Bonchev–Trinajstić information content (AvgIpc) is 3.58. The van der Waals surface area contributed by atoms with Crippen LogP contribution in [0.25, 0.3) is 22.0 Å². The molecule has 0 bridgehead atoms. The number of benzene rings is 1. The number of nitrogens with one attached hydrogen (secondary N) is 1. The van der Waals surface area contributed by atoms with Crippen molar-refractivity contribution in [2.75, 3.05) is 20.2 Å². The van der Waals surface area contributed by atoms with E-state index in [0.717, 1.165) is 28.7 Å². The molecule has 12 nitrogen and oxygen atoms in total. The Labute approximate surface area is 240 Å². The van der Waals surface area contributed by atoms with Crippen molar-refractivity contribution in [1.29, 1.82) is 0 Å². The minimum atomic E-state index is -0.647. The van der Waals surface area contributed by atoms with Crippen LogP contribution in [0, 0.1) is 0 Å². The SMILES string of the molecule is COc1cnc(N=CN=C(C)N)c2[nH]cc(C(=O)C(=O)N3CCC(=C(c4ccccc4)c4nnc(C5=CC5)o4)CC3)c12. The fraction of sp³-hybridized carbons (Fsp3) is 0.233. The number of Topliss-reactive ketones (excluding diaryl/α,β-unsaturated/α-hetero) is 1. The first-order valence-corrected chi connectivity index (χ1v) is 13.5. The molecule has 1 aliphatic heterocycles. The molecule has 1 aliphatic carbocycles. The zero-order valence-corrected chi connectivity index (χ0v) is 23.1. The summed E-state index contributed by atoms with van der Waals surface area (Å²) in [5.41, 5.74) is 10.2. The number of H-pyrrole nitrogens is 1. The summed E-state index contributed by atoms with van der Waals surface area (Å²) >= 11 is 0. The van der Waals surface area contributed by atoms with E-state index < -0.39 is 11.7 Å². The number of carbonyl (C=O) groups is 2. The number of carbonyl (C=O) groups excluding carboxylic acids is 2. The van der Waals surface area contributed by atoms with Gasteiger partial charge in [-0.25, -0.2) is 15.0 Å². The molecule has 1 fully saturated rings. The van der Waals surface area contributed by atoms with E-state index in [0.29, 0.717) is 60.2 Å². The Morgan fingerprint density at radius 2 is 1.93 bits per heavy atom. The quantitative estimate of drug-likeness (QED) is 0.140. The van der Waals surface area contributed by atoms with Crippen LogP contribution in [0.15, 0.2) is 68.8 Å². The van der Waals surface area contributed by atoms with Gasteiger partial charge in [-0.15, -0.1) is 10.2 Å². The molecular weight excluding hydrogens is 536 g/mol. The molecule has 4 heterocycles. The van der Waals surface area contributed by atoms with Crippen LogP contribution in [-0.2, 0) is 4.79 Å². The predicted molar refractivity (Wildman–Crippen MR) is 158 cm³/mol. The molecule has 2 aliphatic rings. The maximum atomic E-state index is 13.5. The molecule has 42 heavy (non-hydrogen) atoms. The zero-order valence-electron chi connectivity index (χ0n) is 23.1. The van der Waals surface area contributed by atoms with Gasteiger partial charge < -0.3 is 24.8 Å². The molecule has 0 unspecified atom stereocenters. The molecule has 0 saturated carbocycles. The van der Waals surface area contributed by atoms with Gasteiger partial charge >= 0.3 is 0 Å². The minimum absolute atomic E-state index is 0.184. The van der Waals surface area contributed by atoms with Gasteiger partial charge in [0.25, 0.3) is 11.7 Å². The lowest BCUT2D eigenvalue weighted by atomic mass is 9.92. The van der Waals surface area contributed by atoms with Crippen LogP contribution in [-0.4, -0.2) is 69.1 Å². The molecule has 0 atom stereocenters. The Kier molecular flexibility index (Phi) is 7.17. The number of hydrogen-bond donors (Lipinski definition) is 2. The van der Waals surface area contributed by atoms with E-state index in [1.165, 1.54) is 25.8 Å². The normalized spacial score (nSPS) is 15.3. The van der Waals surface area contributed by atoms with Gasteiger partial charge in [0, 0.05) is 30.4 Å². The highest BCUT2D eigenvalue weighted by molar-refractivity contribution is 6.45. The molecular formula is C30H28N8O4. The number of aromatic amines is 1. The molecule has 1 aromatic carbocycles. The number of fused-ring (bicyclic) bond motifs is 1. The number of nitrogens with zero attached hydrogens (tertiary/aromatic N) is 6. The van der Waals surface area contributed by atoms with Gasteiger partial charge in [-0.3, -0.25) is 9.59 Å². The van der Waals surface area contributed by atoms with E-state index in [-0.39, 0.29) is 11.4 Å². The van der Waals surface area contributed by atoms with Gasteiger partial charge in [-0.2, -0.15) is 0 Å². The van der Waals surface area contributed by atoms with Gasteiger partial charge in [-0.05, 0) is 31.7 Å². The van der Waals surface area contributed by atoms with Gasteiger partial charge in [0.2, 0.25) is 11.8 Å². The van der Waals surface area contributed by atoms with Crippen LogP contribution in [0.3, 0.4) is 0 Å². The monoisotopic (exact) mass is 564 g/mol. The van der Waals surface area contributed by atoms with E-state index in [2.05, 4.69) is 30.2 Å². The average molecular weight is 565 g/mol. The maximum Gasteiger partial charge on any atom is 0.295 e. The van der Waals surface area contributed by atoms with Gasteiger partial charge in [-0.1, -0.05) is 42.0 Å². The summed E-state index contributed by atoms with van der Waals surface area (Å²) in [6.45, 7) is 2.38. The van der Waals surface area contributed by atoms with Crippen molar-refractivity contribution in [3.63, 3.8) is 0 Å². The van der Waals surface area contributed by atoms with Crippen molar-refractivity contribution in [2.24, 2.45) is 15.7 Å². The molecule has 0 radical (unpaired) electrons. The number of pyridine rings is 1. The first-order valence-electron chi connectivity index (χ1n) is 13.5. The number of rotatable bonds is 8. The number of nitrogens with two attached hydrogens (primary N) is 1. The number of ether oxygens (including phenoxy) is 1.